The summed E-state index contributed by atoms with van der Waals surface area (Å²) in [7, 11) is 0. The van der Waals surface area contributed by atoms with Crippen molar-refractivity contribution >= 4 is 21.5 Å². The van der Waals surface area contributed by atoms with Crippen LogP contribution >= 0.6 is 0 Å². The van der Waals surface area contributed by atoms with Crippen LogP contribution in [0.5, 0.6) is 11.5 Å². The Kier molecular flexibility index (Phi) is 5.55. The van der Waals surface area contributed by atoms with Gasteiger partial charge in [0.1, 0.15) is 11.5 Å². The SMILES string of the molecule is Cc1cc(C)c(-c2cccc(-c3cccc(-c4ccc5c(c4)-c4cccc6c4c(cc4ccccc46)O5)c3)c2)c(C)c1. The summed E-state index contributed by atoms with van der Waals surface area (Å²) in [5, 5.41) is 4.88. The molecule has 0 saturated heterocycles. The summed E-state index contributed by atoms with van der Waals surface area (Å²) in [6.07, 6.45) is 0. The van der Waals surface area contributed by atoms with Crippen LogP contribution in [-0.4, -0.2) is 0 Å². The third-order valence-corrected chi connectivity index (χ3v) is 8.70. The maximum atomic E-state index is 6.52. The van der Waals surface area contributed by atoms with Gasteiger partial charge in [0.2, 0.25) is 0 Å². The Hall–Kier alpha value is -5.14. The largest absolute Gasteiger partial charge is 0.456 e. The van der Waals surface area contributed by atoms with Gasteiger partial charge in [0, 0.05) is 10.9 Å². The van der Waals surface area contributed by atoms with Crippen molar-refractivity contribution < 1.29 is 4.74 Å². The van der Waals surface area contributed by atoms with Gasteiger partial charge in [-0.05, 0) is 117 Å². The molecule has 42 heavy (non-hydrogen) atoms. The zero-order valence-corrected chi connectivity index (χ0v) is 24.0. The van der Waals surface area contributed by atoms with E-state index in [1.165, 1.54) is 77.2 Å². The molecular weight excluding hydrogens is 508 g/mol. The lowest BCUT2D eigenvalue weighted by Crippen LogP contribution is -1.98. The fraction of sp³-hybridized carbons (Fsp3) is 0.0732. The van der Waals surface area contributed by atoms with E-state index in [2.05, 4.69) is 148 Å². The van der Waals surface area contributed by atoms with Crippen molar-refractivity contribution in [1.82, 2.24) is 0 Å². The molecule has 8 rings (SSSR count). The van der Waals surface area contributed by atoms with Gasteiger partial charge in [-0.15, -0.1) is 0 Å². The van der Waals surface area contributed by atoms with E-state index in [0.717, 1.165) is 17.1 Å². The monoisotopic (exact) mass is 538 g/mol. The first-order chi connectivity index (χ1) is 20.5. The van der Waals surface area contributed by atoms with E-state index in [0.29, 0.717) is 0 Å². The van der Waals surface area contributed by atoms with E-state index < -0.39 is 0 Å². The number of hydrogen-bond acceptors (Lipinski definition) is 1. The van der Waals surface area contributed by atoms with Gasteiger partial charge < -0.3 is 4.74 Å². The van der Waals surface area contributed by atoms with Crippen LogP contribution in [0.25, 0.3) is 66.1 Å². The van der Waals surface area contributed by atoms with E-state index in [9.17, 15) is 0 Å². The number of hydrogen-bond donors (Lipinski definition) is 0. The zero-order valence-electron chi connectivity index (χ0n) is 24.0. The van der Waals surface area contributed by atoms with Crippen molar-refractivity contribution in [3.63, 3.8) is 0 Å². The van der Waals surface area contributed by atoms with Gasteiger partial charge in [-0.2, -0.15) is 0 Å². The Morgan fingerprint density at radius 1 is 0.429 bits per heavy atom. The number of aryl methyl sites for hydroxylation is 3. The minimum Gasteiger partial charge on any atom is -0.456 e. The first-order valence-corrected chi connectivity index (χ1v) is 14.6. The van der Waals surface area contributed by atoms with Gasteiger partial charge in [0.15, 0.2) is 0 Å². The van der Waals surface area contributed by atoms with Crippen LogP contribution in [0.3, 0.4) is 0 Å². The van der Waals surface area contributed by atoms with E-state index in [1.54, 1.807) is 0 Å². The molecule has 0 unspecified atom stereocenters. The van der Waals surface area contributed by atoms with E-state index in [1.807, 2.05) is 0 Å². The molecule has 0 fully saturated rings. The highest BCUT2D eigenvalue weighted by molar-refractivity contribution is 6.16. The molecule has 0 amide bonds. The molecular formula is C41H30O. The van der Waals surface area contributed by atoms with Gasteiger partial charge in [-0.25, -0.2) is 0 Å². The molecule has 1 aliphatic rings. The highest BCUT2D eigenvalue weighted by Crippen LogP contribution is 2.49. The fourth-order valence-corrected chi connectivity index (χ4v) is 6.92. The summed E-state index contributed by atoms with van der Waals surface area (Å²) >= 11 is 0. The Balaban J connectivity index is 1.22. The normalized spacial score (nSPS) is 11.9. The van der Waals surface area contributed by atoms with Crippen molar-refractivity contribution in [1.29, 1.82) is 0 Å². The smallest absolute Gasteiger partial charge is 0.136 e. The van der Waals surface area contributed by atoms with E-state index >= 15 is 0 Å². The average molecular weight is 539 g/mol. The van der Waals surface area contributed by atoms with E-state index in [4.69, 9.17) is 4.74 Å². The maximum Gasteiger partial charge on any atom is 0.136 e. The Bertz CT molecular complexity index is 2180. The molecule has 1 nitrogen and oxygen atoms in total. The van der Waals surface area contributed by atoms with Gasteiger partial charge >= 0.3 is 0 Å². The number of fused-ring (bicyclic) bond motifs is 4. The lowest BCUT2D eigenvalue weighted by atomic mass is 9.89. The van der Waals surface area contributed by atoms with Crippen molar-refractivity contribution in [2.24, 2.45) is 0 Å². The number of benzene rings is 7. The molecule has 0 spiro atoms. The van der Waals surface area contributed by atoms with Gasteiger partial charge in [-0.3, -0.25) is 0 Å². The van der Waals surface area contributed by atoms with Crippen molar-refractivity contribution in [3.05, 3.63) is 144 Å². The van der Waals surface area contributed by atoms with Crippen LogP contribution in [0.15, 0.2) is 127 Å². The van der Waals surface area contributed by atoms with Crippen LogP contribution in [0.4, 0.5) is 0 Å². The van der Waals surface area contributed by atoms with Gasteiger partial charge in [-0.1, -0.05) is 103 Å². The molecule has 0 atom stereocenters. The highest BCUT2D eigenvalue weighted by Gasteiger charge is 2.22. The van der Waals surface area contributed by atoms with Crippen LogP contribution in [0, 0.1) is 20.8 Å². The van der Waals surface area contributed by atoms with Crippen LogP contribution in [0.2, 0.25) is 0 Å². The molecule has 1 heteroatoms. The summed E-state index contributed by atoms with van der Waals surface area (Å²) in [4.78, 5) is 0. The molecule has 0 radical (unpaired) electrons. The molecule has 0 N–H and O–H groups in total. The molecule has 0 aromatic heterocycles. The Morgan fingerprint density at radius 3 is 1.81 bits per heavy atom. The second-order valence-electron chi connectivity index (χ2n) is 11.6. The summed E-state index contributed by atoms with van der Waals surface area (Å²) in [5.41, 5.74) is 13.7. The highest BCUT2D eigenvalue weighted by atomic mass is 16.5. The van der Waals surface area contributed by atoms with Crippen LogP contribution < -0.4 is 4.74 Å². The predicted octanol–water partition coefficient (Wildman–Crippen LogP) is 11.7. The number of rotatable bonds is 3. The topological polar surface area (TPSA) is 9.23 Å². The molecule has 0 aliphatic carbocycles. The molecule has 0 saturated carbocycles. The van der Waals surface area contributed by atoms with Gasteiger partial charge in [0.05, 0.1) is 0 Å². The van der Waals surface area contributed by atoms with E-state index in [-0.39, 0.29) is 0 Å². The molecule has 7 aromatic rings. The standard InChI is InChI=1S/C41H30O/c1-25-19-26(2)40(27(3)20-25)33-13-7-12-30(22-33)28-10-6-11-29(21-28)31-17-18-38-37(23-31)36-16-8-15-35-34-14-5-4-9-32(34)24-39(42-38)41(35)36/h4-24H,1-3H3. The van der Waals surface area contributed by atoms with Crippen molar-refractivity contribution in [3.8, 4) is 56.0 Å². The molecule has 7 aromatic carbocycles. The third kappa shape index (κ3) is 3.93. The minimum atomic E-state index is 0.904. The second kappa shape index (κ2) is 9.46. The van der Waals surface area contributed by atoms with Crippen molar-refractivity contribution in [2.75, 3.05) is 0 Å². The molecule has 1 heterocycles. The zero-order chi connectivity index (χ0) is 28.4. The number of ether oxygens (including phenoxy) is 1. The first kappa shape index (κ1) is 24.6. The molecule has 0 bridgehead atoms. The third-order valence-electron chi connectivity index (χ3n) is 8.70. The summed E-state index contributed by atoms with van der Waals surface area (Å²) in [6.45, 7) is 6.59. The fourth-order valence-electron chi connectivity index (χ4n) is 6.92. The Morgan fingerprint density at radius 2 is 1.05 bits per heavy atom. The van der Waals surface area contributed by atoms with Crippen LogP contribution in [0.1, 0.15) is 16.7 Å². The maximum absolute atomic E-state index is 6.52. The molecule has 1 aliphatic heterocycles. The molecule has 200 valence electrons. The Labute approximate surface area is 246 Å². The average Bonchev–Trinajstić information content (AvgIpc) is 3.01. The summed E-state index contributed by atoms with van der Waals surface area (Å²) in [5.74, 6) is 1.84. The van der Waals surface area contributed by atoms with Crippen molar-refractivity contribution in [2.45, 2.75) is 20.8 Å². The minimum absolute atomic E-state index is 0.904. The predicted molar refractivity (Wildman–Crippen MR) is 177 cm³/mol. The first-order valence-electron chi connectivity index (χ1n) is 14.6. The van der Waals surface area contributed by atoms with Gasteiger partial charge in [0.25, 0.3) is 0 Å². The quantitative estimate of drug-likeness (QED) is 0.203. The lowest BCUT2D eigenvalue weighted by Gasteiger charge is -2.23. The second-order valence-corrected chi connectivity index (χ2v) is 11.6. The van der Waals surface area contributed by atoms with Crippen LogP contribution in [-0.2, 0) is 0 Å². The summed E-state index contributed by atoms with van der Waals surface area (Å²) in [6, 6.07) is 46.3. The summed E-state index contributed by atoms with van der Waals surface area (Å²) < 4.78 is 6.52. The lowest BCUT2D eigenvalue weighted by molar-refractivity contribution is 0.488.